The summed E-state index contributed by atoms with van der Waals surface area (Å²) in [4.78, 5) is 13.1. The Morgan fingerprint density at radius 3 is 3.00 bits per heavy atom. The number of hydrogen-bond donors (Lipinski definition) is 2. The first-order chi connectivity index (χ1) is 7.24. The van der Waals surface area contributed by atoms with Gasteiger partial charge in [-0.1, -0.05) is 13.3 Å². The lowest BCUT2D eigenvalue weighted by Gasteiger charge is -2.34. The largest absolute Gasteiger partial charge is 0.369 e. The molecule has 0 aromatic rings. The molecule has 1 aliphatic heterocycles. The van der Waals surface area contributed by atoms with Gasteiger partial charge in [-0.2, -0.15) is 0 Å². The van der Waals surface area contributed by atoms with Crippen molar-refractivity contribution in [3.63, 3.8) is 0 Å². The number of amides is 1. The topological polar surface area (TPSA) is 58.4 Å². The average Bonchev–Trinajstić information content (AvgIpc) is 2.20. The molecule has 1 fully saturated rings. The second kappa shape index (κ2) is 6.80. The fraction of sp³-hybridized carbons (Fsp3) is 0.909. The van der Waals surface area contributed by atoms with E-state index in [9.17, 15) is 4.79 Å². The summed E-state index contributed by atoms with van der Waals surface area (Å²) >= 11 is 0. The maximum atomic E-state index is 10.9. The molecule has 15 heavy (non-hydrogen) atoms. The van der Waals surface area contributed by atoms with Gasteiger partial charge in [-0.3, -0.25) is 9.69 Å². The predicted molar refractivity (Wildman–Crippen MR) is 61.6 cm³/mol. The maximum Gasteiger partial charge on any atom is 0.231 e. The number of nitrogens with zero attached hydrogens (tertiary/aromatic N) is 1. The van der Waals surface area contributed by atoms with Crippen LogP contribution in [0.4, 0.5) is 0 Å². The zero-order valence-electron chi connectivity index (χ0n) is 9.67. The van der Waals surface area contributed by atoms with Crippen LogP contribution in [0.25, 0.3) is 0 Å². The molecule has 1 saturated heterocycles. The lowest BCUT2D eigenvalue weighted by Crippen LogP contribution is -2.48. The first kappa shape index (κ1) is 12.5. The van der Waals surface area contributed by atoms with E-state index in [1.807, 2.05) is 0 Å². The van der Waals surface area contributed by atoms with Crippen molar-refractivity contribution in [2.45, 2.75) is 38.6 Å². The van der Waals surface area contributed by atoms with Crippen LogP contribution in [-0.4, -0.2) is 43.0 Å². The molecule has 1 amide bonds. The standard InChI is InChI=1S/C11H23N3O/c1-2-6-13-8-10-5-3-4-7-14(10)9-11(12)15/h10,13H,2-9H2,1H3,(H2,12,15). The Balaban J connectivity index is 2.32. The number of nitrogens with two attached hydrogens (primary N) is 1. The van der Waals surface area contributed by atoms with Crippen molar-refractivity contribution >= 4 is 5.91 Å². The second-order valence-corrected chi connectivity index (χ2v) is 4.29. The first-order valence-corrected chi connectivity index (χ1v) is 5.97. The predicted octanol–water partition coefficient (Wildman–Crippen LogP) is 0.326. The van der Waals surface area contributed by atoms with Crippen LogP contribution >= 0.6 is 0 Å². The van der Waals surface area contributed by atoms with Gasteiger partial charge >= 0.3 is 0 Å². The Kier molecular flexibility index (Phi) is 5.65. The average molecular weight is 213 g/mol. The zero-order valence-corrected chi connectivity index (χ0v) is 9.67. The van der Waals surface area contributed by atoms with Gasteiger partial charge in [-0.05, 0) is 32.4 Å². The van der Waals surface area contributed by atoms with Crippen LogP contribution in [0.15, 0.2) is 0 Å². The number of carbonyl (C=O) groups excluding carboxylic acids is 1. The van der Waals surface area contributed by atoms with E-state index in [0.29, 0.717) is 12.6 Å². The van der Waals surface area contributed by atoms with Crippen molar-refractivity contribution in [1.29, 1.82) is 0 Å². The van der Waals surface area contributed by atoms with Crippen molar-refractivity contribution in [2.24, 2.45) is 5.73 Å². The second-order valence-electron chi connectivity index (χ2n) is 4.29. The third kappa shape index (κ3) is 4.62. The number of primary amides is 1. The highest BCUT2D eigenvalue weighted by Crippen LogP contribution is 2.15. The molecule has 0 aromatic carbocycles. The van der Waals surface area contributed by atoms with Crippen molar-refractivity contribution in [3.8, 4) is 0 Å². The van der Waals surface area contributed by atoms with Crippen LogP contribution in [0.5, 0.6) is 0 Å². The summed E-state index contributed by atoms with van der Waals surface area (Å²) in [7, 11) is 0. The molecule has 1 unspecified atom stereocenters. The summed E-state index contributed by atoms with van der Waals surface area (Å²) < 4.78 is 0. The Bertz CT molecular complexity index is 196. The summed E-state index contributed by atoms with van der Waals surface area (Å²) in [6, 6.07) is 0.498. The van der Waals surface area contributed by atoms with Crippen LogP contribution in [0.1, 0.15) is 32.6 Å². The van der Waals surface area contributed by atoms with Crippen molar-refractivity contribution < 1.29 is 4.79 Å². The van der Waals surface area contributed by atoms with Gasteiger partial charge in [0.05, 0.1) is 6.54 Å². The van der Waals surface area contributed by atoms with Crippen LogP contribution < -0.4 is 11.1 Å². The van der Waals surface area contributed by atoms with E-state index in [1.54, 1.807) is 0 Å². The molecular formula is C11H23N3O. The normalized spacial score (nSPS) is 22.9. The molecule has 88 valence electrons. The van der Waals surface area contributed by atoms with Gasteiger partial charge in [0.1, 0.15) is 0 Å². The molecule has 0 aliphatic carbocycles. The molecule has 0 saturated carbocycles. The first-order valence-electron chi connectivity index (χ1n) is 5.97. The molecule has 0 spiro atoms. The molecule has 0 radical (unpaired) electrons. The summed E-state index contributed by atoms with van der Waals surface area (Å²) in [6.07, 6.45) is 4.80. The number of piperidine rings is 1. The van der Waals surface area contributed by atoms with E-state index in [4.69, 9.17) is 5.73 Å². The maximum absolute atomic E-state index is 10.9. The molecule has 1 atom stereocenters. The minimum atomic E-state index is -0.211. The minimum absolute atomic E-state index is 0.211. The van der Waals surface area contributed by atoms with Gasteiger partial charge in [-0.25, -0.2) is 0 Å². The molecule has 1 rings (SSSR count). The number of carbonyl (C=O) groups is 1. The Morgan fingerprint density at radius 2 is 2.33 bits per heavy atom. The van der Waals surface area contributed by atoms with Crippen LogP contribution in [0.3, 0.4) is 0 Å². The van der Waals surface area contributed by atoms with Gasteiger partial charge in [0.2, 0.25) is 5.91 Å². The van der Waals surface area contributed by atoms with E-state index in [1.165, 1.54) is 19.3 Å². The van der Waals surface area contributed by atoms with Gasteiger partial charge in [0.15, 0.2) is 0 Å². The lowest BCUT2D eigenvalue weighted by molar-refractivity contribution is -0.120. The van der Waals surface area contributed by atoms with E-state index in [-0.39, 0.29) is 5.91 Å². The summed E-state index contributed by atoms with van der Waals surface area (Å²) in [5, 5.41) is 3.41. The molecule has 1 heterocycles. The highest BCUT2D eigenvalue weighted by atomic mass is 16.1. The fourth-order valence-electron chi connectivity index (χ4n) is 2.14. The van der Waals surface area contributed by atoms with Crippen molar-refractivity contribution in [1.82, 2.24) is 10.2 Å². The van der Waals surface area contributed by atoms with E-state index in [0.717, 1.165) is 26.1 Å². The molecule has 4 nitrogen and oxygen atoms in total. The van der Waals surface area contributed by atoms with Gasteiger partial charge in [0.25, 0.3) is 0 Å². The third-order valence-electron chi connectivity index (χ3n) is 2.91. The van der Waals surface area contributed by atoms with E-state index >= 15 is 0 Å². The van der Waals surface area contributed by atoms with Gasteiger partial charge in [-0.15, -0.1) is 0 Å². The summed E-state index contributed by atoms with van der Waals surface area (Å²) in [5.74, 6) is -0.211. The number of nitrogens with one attached hydrogen (secondary N) is 1. The molecule has 1 aliphatic rings. The molecule has 4 heteroatoms. The highest BCUT2D eigenvalue weighted by molar-refractivity contribution is 5.75. The Labute approximate surface area is 92.2 Å². The van der Waals surface area contributed by atoms with Crippen molar-refractivity contribution in [3.05, 3.63) is 0 Å². The Morgan fingerprint density at radius 1 is 1.53 bits per heavy atom. The number of likely N-dealkylation sites (tertiary alicyclic amines) is 1. The lowest BCUT2D eigenvalue weighted by atomic mass is 10.0. The molecule has 0 aromatic heterocycles. The van der Waals surface area contributed by atoms with Crippen LogP contribution in [0.2, 0.25) is 0 Å². The quantitative estimate of drug-likeness (QED) is 0.625. The molecular weight excluding hydrogens is 190 g/mol. The Hall–Kier alpha value is -0.610. The number of hydrogen-bond acceptors (Lipinski definition) is 3. The minimum Gasteiger partial charge on any atom is -0.369 e. The third-order valence-corrected chi connectivity index (χ3v) is 2.91. The molecule has 0 bridgehead atoms. The smallest absolute Gasteiger partial charge is 0.231 e. The van der Waals surface area contributed by atoms with E-state index in [2.05, 4.69) is 17.1 Å². The number of rotatable bonds is 6. The van der Waals surface area contributed by atoms with Gasteiger partial charge in [0, 0.05) is 12.6 Å². The fourth-order valence-corrected chi connectivity index (χ4v) is 2.14. The van der Waals surface area contributed by atoms with Crippen molar-refractivity contribution in [2.75, 3.05) is 26.2 Å². The monoisotopic (exact) mass is 213 g/mol. The van der Waals surface area contributed by atoms with Crippen LogP contribution in [-0.2, 0) is 4.79 Å². The zero-order chi connectivity index (χ0) is 11.1. The summed E-state index contributed by atoms with van der Waals surface area (Å²) in [6.45, 7) is 5.64. The van der Waals surface area contributed by atoms with Gasteiger partial charge < -0.3 is 11.1 Å². The highest BCUT2D eigenvalue weighted by Gasteiger charge is 2.22. The van der Waals surface area contributed by atoms with Crippen LogP contribution in [0, 0.1) is 0 Å². The summed E-state index contributed by atoms with van der Waals surface area (Å²) in [5.41, 5.74) is 5.24. The van der Waals surface area contributed by atoms with E-state index < -0.39 is 0 Å². The molecule has 3 N–H and O–H groups in total. The SMILES string of the molecule is CCCNCC1CCCCN1CC(N)=O.